The number of hydrogen-bond acceptors (Lipinski definition) is 2. The van der Waals surface area contributed by atoms with E-state index in [0.717, 1.165) is 28.8 Å². The second-order valence-corrected chi connectivity index (χ2v) is 6.44. The van der Waals surface area contributed by atoms with Crippen LogP contribution >= 0.6 is 11.6 Å². The summed E-state index contributed by atoms with van der Waals surface area (Å²) in [5, 5.41) is 7.01. The third kappa shape index (κ3) is 2.44. The number of carbonyl (C=O) groups excluding carboxylic acids is 1. The van der Waals surface area contributed by atoms with E-state index < -0.39 is 0 Å². The summed E-state index contributed by atoms with van der Waals surface area (Å²) in [6.45, 7) is 4.56. The van der Waals surface area contributed by atoms with Crippen LogP contribution in [0.5, 0.6) is 0 Å². The molecule has 2 aliphatic rings. The van der Waals surface area contributed by atoms with Gasteiger partial charge in [0.05, 0.1) is 17.1 Å². The van der Waals surface area contributed by atoms with Crippen LogP contribution in [-0.4, -0.2) is 11.9 Å². The van der Waals surface area contributed by atoms with E-state index in [1.54, 1.807) is 0 Å². The number of amides is 1. The Morgan fingerprint density at radius 1 is 1.37 bits per heavy atom. The van der Waals surface area contributed by atoms with Gasteiger partial charge < -0.3 is 10.6 Å². The SMILES string of the molecule is CC(C)C1CC(Nc2cc3c(cc2Cl)NC(=O)C3)C1. The van der Waals surface area contributed by atoms with Crippen LogP contribution in [0.4, 0.5) is 11.4 Å². The van der Waals surface area contributed by atoms with Gasteiger partial charge in [0.2, 0.25) is 5.91 Å². The minimum absolute atomic E-state index is 0.0479. The van der Waals surface area contributed by atoms with Gasteiger partial charge in [-0.2, -0.15) is 0 Å². The Morgan fingerprint density at radius 2 is 2.11 bits per heavy atom. The minimum Gasteiger partial charge on any atom is -0.381 e. The molecule has 2 N–H and O–H groups in total. The molecule has 0 bridgehead atoms. The summed E-state index contributed by atoms with van der Waals surface area (Å²) in [5.74, 6) is 1.64. The summed E-state index contributed by atoms with van der Waals surface area (Å²) in [6.07, 6.45) is 2.88. The molecule has 19 heavy (non-hydrogen) atoms. The van der Waals surface area contributed by atoms with Gasteiger partial charge in [0.1, 0.15) is 0 Å². The third-order valence-corrected chi connectivity index (χ3v) is 4.61. The summed E-state index contributed by atoms with van der Waals surface area (Å²) in [6, 6.07) is 4.38. The molecule has 0 spiro atoms. The Morgan fingerprint density at radius 3 is 2.79 bits per heavy atom. The van der Waals surface area contributed by atoms with E-state index >= 15 is 0 Å². The van der Waals surface area contributed by atoms with Gasteiger partial charge in [-0.15, -0.1) is 0 Å². The fourth-order valence-electron chi connectivity index (χ4n) is 2.90. The molecule has 1 aromatic carbocycles. The average Bonchev–Trinajstić information content (AvgIpc) is 2.61. The number of rotatable bonds is 3. The van der Waals surface area contributed by atoms with Crippen LogP contribution < -0.4 is 10.6 Å². The third-order valence-electron chi connectivity index (χ3n) is 4.29. The highest BCUT2D eigenvalue weighted by molar-refractivity contribution is 6.33. The number of carbonyl (C=O) groups is 1. The largest absolute Gasteiger partial charge is 0.381 e. The van der Waals surface area contributed by atoms with Crippen molar-refractivity contribution in [2.75, 3.05) is 10.6 Å². The summed E-state index contributed by atoms with van der Waals surface area (Å²) in [5.41, 5.74) is 2.86. The van der Waals surface area contributed by atoms with Gasteiger partial charge in [0.15, 0.2) is 0 Å². The maximum atomic E-state index is 11.4. The number of hydrogen-bond donors (Lipinski definition) is 2. The number of fused-ring (bicyclic) bond motifs is 1. The van der Waals surface area contributed by atoms with Crippen molar-refractivity contribution >= 4 is 28.9 Å². The van der Waals surface area contributed by atoms with Crippen molar-refractivity contribution in [3.05, 3.63) is 22.7 Å². The second-order valence-electron chi connectivity index (χ2n) is 6.03. The maximum Gasteiger partial charge on any atom is 0.228 e. The lowest BCUT2D eigenvalue weighted by Gasteiger charge is -2.39. The number of anilines is 2. The fraction of sp³-hybridized carbons (Fsp3) is 0.533. The van der Waals surface area contributed by atoms with E-state index in [2.05, 4.69) is 24.5 Å². The molecule has 0 atom stereocenters. The Kier molecular flexibility index (Phi) is 3.17. The number of benzene rings is 1. The Labute approximate surface area is 118 Å². The van der Waals surface area contributed by atoms with Crippen LogP contribution in [0.15, 0.2) is 12.1 Å². The topological polar surface area (TPSA) is 41.1 Å². The van der Waals surface area contributed by atoms with Gasteiger partial charge in [-0.3, -0.25) is 4.79 Å². The Hall–Kier alpha value is -1.22. The summed E-state index contributed by atoms with van der Waals surface area (Å²) in [4.78, 5) is 11.4. The smallest absolute Gasteiger partial charge is 0.228 e. The monoisotopic (exact) mass is 278 g/mol. The zero-order valence-corrected chi connectivity index (χ0v) is 12.1. The van der Waals surface area contributed by atoms with Crippen molar-refractivity contribution in [3.63, 3.8) is 0 Å². The molecule has 0 unspecified atom stereocenters. The highest BCUT2D eigenvalue weighted by atomic mass is 35.5. The first-order valence-corrected chi connectivity index (χ1v) is 7.29. The van der Waals surface area contributed by atoms with Crippen molar-refractivity contribution in [2.24, 2.45) is 11.8 Å². The highest BCUT2D eigenvalue weighted by Crippen LogP contribution is 2.38. The highest BCUT2D eigenvalue weighted by Gasteiger charge is 2.31. The van der Waals surface area contributed by atoms with E-state index in [9.17, 15) is 4.79 Å². The standard InChI is InChI=1S/C15H19ClN2O/c1-8(2)9-3-11(4-9)17-14-5-10-6-15(19)18-13(10)7-12(14)16/h5,7-9,11,17H,3-4,6H2,1-2H3,(H,18,19). The zero-order chi connectivity index (χ0) is 13.6. The molecule has 1 aliphatic heterocycles. The fourth-order valence-corrected chi connectivity index (χ4v) is 3.12. The van der Waals surface area contributed by atoms with Crippen LogP contribution in [0.25, 0.3) is 0 Å². The Bertz CT molecular complexity index is 521. The van der Waals surface area contributed by atoms with Gasteiger partial charge in [0, 0.05) is 11.7 Å². The molecule has 1 saturated carbocycles. The van der Waals surface area contributed by atoms with Crippen molar-refractivity contribution in [2.45, 2.75) is 39.2 Å². The summed E-state index contributed by atoms with van der Waals surface area (Å²) < 4.78 is 0. The Balaban J connectivity index is 1.70. The van der Waals surface area contributed by atoms with Crippen molar-refractivity contribution in [3.8, 4) is 0 Å². The molecule has 1 fully saturated rings. The van der Waals surface area contributed by atoms with Crippen LogP contribution in [0.2, 0.25) is 5.02 Å². The lowest BCUT2D eigenvalue weighted by Crippen LogP contribution is -2.37. The predicted molar refractivity (Wildman–Crippen MR) is 78.8 cm³/mol. The predicted octanol–water partition coefficient (Wildman–Crippen LogP) is 3.68. The minimum atomic E-state index is 0.0479. The molecule has 0 radical (unpaired) electrons. The first-order chi connectivity index (χ1) is 9.02. The lowest BCUT2D eigenvalue weighted by atomic mass is 9.73. The molecule has 102 valence electrons. The molecule has 1 heterocycles. The molecule has 3 nitrogen and oxygen atoms in total. The first kappa shape index (κ1) is 12.8. The van der Waals surface area contributed by atoms with E-state index in [4.69, 9.17) is 11.6 Å². The van der Waals surface area contributed by atoms with Gasteiger partial charge in [-0.05, 0) is 42.4 Å². The number of halogens is 1. The summed E-state index contributed by atoms with van der Waals surface area (Å²) >= 11 is 6.27. The quantitative estimate of drug-likeness (QED) is 0.885. The second kappa shape index (κ2) is 4.71. The molecule has 4 heteroatoms. The molecule has 1 aromatic rings. The van der Waals surface area contributed by atoms with Crippen LogP contribution in [0.3, 0.4) is 0 Å². The van der Waals surface area contributed by atoms with Crippen LogP contribution in [0.1, 0.15) is 32.3 Å². The maximum absolute atomic E-state index is 11.4. The van der Waals surface area contributed by atoms with Gasteiger partial charge in [-0.1, -0.05) is 25.4 Å². The molecular formula is C15H19ClN2O. The van der Waals surface area contributed by atoms with Gasteiger partial charge >= 0.3 is 0 Å². The van der Waals surface area contributed by atoms with E-state index in [-0.39, 0.29) is 5.91 Å². The molecule has 1 aliphatic carbocycles. The molecule has 1 amide bonds. The van der Waals surface area contributed by atoms with Crippen LogP contribution in [-0.2, 0) is 11.2 Å². The average molecular weight is 279 g/mol. The van der Waals surface area contributed by atoms with E-state index in [1.807, 2.05) is 12.1 Å². The number of nitrogens with one attached hydrogen (secondary N) is 2. The molecule has 0 aromatic heterocycles. The lowest BCUT2D eigenvalue weighted by molar-refractivity contribution is -0.115. The summed E-state index contributed by atoms with van der Waals surface area (Å²) in [7, 11) is 0. The molecular weight excluding hydrogens is 260 g/mol. The van der Waals surface area contributed by atoms with Gasteiger partial charge in [0.25, 0.3) is 0 Å². The first-order valence-electron chi connectivity index (χ1n) is 6.91. The van der Waals surface area contributed by atoms with Crippen LogP contribution in [0, 0.1) is 11.8 Å². The molecule has 0 saturated heterocycles. The normalized spacial score (nSPS) is 24.9. The van der Waals surface area contributed by atoms with E-state index in [1.165, 1.54) is 12.8 Å². The van der Waals surface area contributed by atoms with Crippen molar-refractivity contribution in [1.82, 2.24) is 0 Å². The van der Waals surface area contributed by atoms with Crippen molar-refractivity contribution < 1.29 is 4.79 Å². The zero-order valence-electron chi connectivity index (χ0n) is 11.3. The molecule has 3 rings (SSSR count). The van der Waals surface area contributed by atoms with Gasteiger partial charge in [-0.25, -0.2) is 0 Å². The van der Waals surface area contributed by atoms with E-state index in [0.29, 0.717) is 17.5 Å². The van der Waals surface area contributed by atoms with Crippen molar-refractivity contribution in [1.29, 1.82) is 0 Å².